The molecular weight excluding hydrogens is 510 g/mol. The molecule has 0 aromatic heterocycles. The third-order valence-electron chi connectivity index (χ3n) is 6.65. The minimum atomic E-state index is -4.08. The summed E-state index contributed by atoms with van der Waals surface area (Å²) in [5.74, 6) is -0.684. The molecule has 0 bridgehead atoms. The van der Waals surface area contributed by atoms with Gasteiger partial charge in [-0.1, -0.05) is 80.9 Å². The van der Waals surface area contributed by atoms with Gasteiger partial charge in [-0.25, -0.2) is 8.42 Å². The van der Waals surface area contributed by atoms with Crippen molar-refractivity contribution in [2.45, 2.75) is 64.4 Å². The van der Waals surface area contributed by atoms with Crippen molar-refractivity contribution in [1.82, 2.24) is 10.2 Å². The van der Waals surface area contributed by atoms with Gasteiger partial charge < -0.3 is 10.2 Å². The standard InChI is InChI=1S/C31H39N3O4S/c1-5-7-20-32-31(36)28(6-2)33(22-26-14-10-8-11-15-26)30(35)23-34(29-21-24(3)18-19-25(29)4)39(37,38)27-16-12-9-13-17-27/h8-19,21,28H,5-7,20,22-23H2,1-4H3,(H,32,36). The molecule has 8 heteroatoms. The largest absolute Gasteiger partial charge is 0.354 e. The molecule has 2 amide bonds. The number of hydrogen-bond donors (Lipinski definition) is 1. The maximum atomic E-state index is 14.1. The Bertz CT molecular complexity index is 1340. The predicted octanol–water partition coefficient (Wildman–Crippen LogP) is 5.22. The topological polar surface area (TPSA) is 86.8 Å². The van der Waals surface area contributed by atoms with Gasteiger partial charge in [-0.2, -0.15) is 0 Å². The minimum Gasteiger partial charge on any atom is -0.354 e. The van der Waals surface area contributed by atoms with Crippen LogP contribution in [0.15, 0.2) is 83.8 Å². The van der Waals surface area contributed by atoms with Gasteiger partial charge in [-0.15, -0.1) is 0 Å². The highest BCUT2D eigenvalue weighted by atomic mass is 32.2. The lowest BCUT2D eigenvalue weighted by Crippen LogP contribution is -2.52. The Hall–Kier alpha value is -3.65. The van der Waals surface area contributed by atoms with Crippen LogP contribution in [0.2, 0.25) is 0 Å². The van der Waals surface area contributed by atoms with E-state index in [0.717, 1.165) is 29.5 Å². The van der Waals surface area contributed by atoms with Crippen molar-refractivity contribution in [2.24, 2.45) is 0 Å². The van der Waals surface area contributed by atoms with E-state index >= 15 is 0 Å². The summed E-state index contributed by atoms with van der Waals surface area (Å²) < 4.78 is 29.0. The second kappa shape index (κ2) is 13.9. The fourth-order valence-electron chi connectivity index (χ4n) is 4.43. The SMILES string of the molecule is CCCCNC(=O)C(CC)N(Cc1ccccc1)C(=O)CN(c1cc(C)ccc1C)S(=O)(=O)c1ccccc1. The number of nitrogens with zero attached hydrogens (tertiary/aromatic N) is 2. The first-order valence-corrected chi connectivity index (χ1v) is 14.9. The van der Waals surface area contributed by atoms with Gasteiger partial charge in [0.2, 0.25) is 11.8 Å². The van der Waals surface area contributed by atoms with E-state index in [-0.39, 0.29) is 17.3 Å². The Morgan fingerprint density at radius 2 is 1.54 bits per heavy atom. The van der Waals surface area contributed by atoms with Gasteiger partial charge in [-0.05, 0) is 61.6 Å². The Morgan fingerprint density at radius 1 is 0.897 bits per heavy atom. The van der Waals surface area contributed by atoms with Crippen molar-refractivity contribution in [3.63, 3.8) is 0 Å². The molecule has 39 heavy (non-hydrogen) atoms. The van der Waals surface area contributed by atoms with Crippen LogP contribution in [0, 0.1) is 13.8 Å². The zero-order valence-electron chi connectivity index (χ0n) is 23.3. The van der Waals surface area contributed by atoms with Crippen LogP contribution in [0.5, 0.6) is 0 Å². The van der Waals surface area contributed by atoms with E-state index < -0.39 is 28.5 Å². The lowest BCUT2D eigenvalue weighted by Gasteiger charge is -2.33. The van der Waals surface area contributed by atoms with E-state index in [2.05, 4.69) is 5.32 Å². The highest BCUT2D eigenvalue weighted by molar-refractivity contribution is 7.92. The van der Waals surface area contributed by atoms with Crippen molar-refractivity contribution in [3.05, 3.63) is 95.6 Å². The van der Waals surface area contributed by atoms with Gasteiger partial charge in [0.25, 0.3) is 10.0 Å². The monoisotopic (exact) mass is 549 g/mol. The Kier molecular flexibility index (Phi) is 10.7. The molecular formula is C31H39N3O4S. The first-order valence-electron chi connectivity index (χ1n) is 13.4. The number of benzene rings is 3. The van der Waals surface area contributed by atoms with Crippen molar-refractivity contribution < 1.29 is 18.0 Å². The quantitative estimate of drug-likeness (QED) is 0.296. The fraction of sp³-hybridized carbons (Fsp3) is 0.355. The van der Waals surface area contributed by atoms with E-state index in [1.54, 1.807) is 24.3 Å². The number of aryl methyl sites for hydroxylation is 2. The lowest BCUT2D eigenvalue weighted by atomic mass is 10.1. The van der Waals surface area contributed by atoms with Crippen LogP contribution >= 0.6 is 0 Å². The van der Waals surface area contributed by atoms with Crippen LogP contribution in [0.1, 0.15) is 49.8 Å². The molecule has 208 valence electrons. The second-order valence-electron chi connectivity index (χ2n) is 9.69. The third kappa shape index (κ3) is 7.69. The van der Waals surface area contributed by atoms with Gasteiger partial charge in [0.1, 0.15) is 12.6 Å². The van der Waals surface area contributed by atoms with E-state index in [1.165, 1.54) is 21.3 Å². The molecule has 0 fully saturated rings. The molecule has 1 N–H and O–H groups in total. The van der Waals surface area contributed by atoms with Crippen molar-refractivity contribution in [1.29, 1.82) is 0 Å². The van der Waals surface area contributed by atoms with Crippen LogP contribution in [-0.2, 0) is 26.2 Å². The van der Waals surface area contributed by atoms with Crippen molar-refractivity contribution in [2.75, 3.05) is 17.4 Å². The maximum Gasteiger partial charge on any atom is 0.264 e. The summed E-state index contributed by atoms with van der Waals surface area (Å²) >= 11 is 0. The highest BCUT2D eigenvalue weighted by Crippen LogP contribution is 2.28. The molecule has 3 rings (SSSR count). The summed E-state index contributed by atoms with van der Waals surface area (Å²) in [6.07, 6.45) is 2.17. The van der Waals surface area contributed by atoms with Crippen molar-refractivity contribution >= 4 is 27.5 Å². The summed E-state index contributed by atoms with van der Waals surface area (Å²) in [6.45, 7) is 7.88. The smallest absolute Gasteiger partial charge is 0.264 e. The number of carbonyl (C=O) groups excluding carboxylic acids is 2. The minimum absolute atomic E-state index is 0.0951. The van der Waals surface area contributed by atoms with Gasteiger partial charge >= 0.3 is 0 Å². The Balaban J connectivity index is 2.05. The molecule has 0 saturated heterocycles. The van der Waals surface area contributed by atoms with Crippen LogP contribution in [-0.4, -0.2) is 44.3 Å². The molecule has 0 aliphatic heterocycles. The third-order valence-corrected chi connectivity index (χ3v) is 8.43. The summed E-state index contributed by atoms with van der Waals surface area (Å²) in [5.41, 5.74) is 2.90. The number of sulfonamides is 1. The molecule has 3 aromatic rings. The Labute approximate surface area is 232 Å². The van der Waals surface area contributed by atoms with Crippen LogP contribution < -0.4 is 9.62 Å². The lowest BCUT2D eigenvalue weighted by molar-refractivity contribution is -0.140. The maximum absolute atomic E-state index is 14.1. The molecule has 7 nitrogen and oxygen atoms in total. The number of carbonyl (C=O) groups is 2. The molecule has 0 radical (unpaired) electrons. The first-order chi connectivity index (χ1) is 18.7. The zero-order chi connectivity index (χ0) is 28.4. The van der Waals surface area contributed by atoms with E-state index in [4.69, 9.17) is 0 Å². The molecule has 0 aliphatic rings. The number of hydrogen-bond acceptors (Lipinski definition) is 4. The normalized spacial score (nSPS) is 12.0. The van der Waals surface area contributed by atoms with Gasteiger partial charge in [0.05, 0.1) is 10.6 Å². The van der Waals surface area contributed by atoms with Crippen molar-refractivity contribution in [3.8, 4) is 0 Å². The second-order valence-corrected chi connectivity index (χ2v) is 11.6. The summed E-state index contributed by atoms with van der Waals surface area (Å²) in [6, 6.07) is 22.3. The first kappa shape index (κ1) is 29.9. The molecule has 0 heterocycles. The van der Waals surface area contributed by atoms with E-state index in [0.29, 0.717) is 18.7 Å². The summed E-state index contributed by atoms with van der Waals surface area (Å²) in [7, 11) is -4.08. The molecule has 1 atom stereocenters. The molecule has 0 aliphatic carbocycles. The highest BCUT2D eigenvalue weighted by Gasteiger charge is 2.34. The molecule has 3 aromatic carbocycles. The number of anilines is 1. The molecule has 0 saturated carbocycles. The average Bonchev–Trinajstić information content (AvgIpc) is 2.94. The summed E-state index contributed by atoms with van der Waals surface area (Å²) in [4.78, 5) is 28.9. The van der Waals surface area contributed by atoms with E-state index in [9.17, 15) is 18.0 Å². The zero-order valence-corrected chi connectivity index (χ0v) is 24.1. The van der Waals surface area contributed by atoms with E-state index in [1.807, 2.05) is 70.2 Å². The number of rotatable bonds is 13. The molecule has 1 unspecified atom stereocenters. The number of nitrogens with one attached hydrogen (secondary N) is 1. The summed E-state index contributed by atoms with van der Waals surface area (Å²) in [5, 5.41) is 2.95. The predicted molar refractivity (Wildman–Crippen MR) is 156 cm³/mol. The average molecular weight is 550 g/mol. The van der Waals surface area contributed by atoms with Gasteiger partial charge in [0, 0.05) is 13.1 Å². The fourth-order valence-corrected chi connectivity index (χ4v) is 5.92. The van der Waals surface area contributed by atoms with Crippen LogP contribution in [0.4, 0.5) is 5.69 Å². The van der Waals surface area contributed by atoms with Gasteiger partial charge in [-0.3, -0.25) is 13.9 Å². The number of amides is 2. The molecule has 0 spiro atoms. The Morgan fingerprint density at radius 3 is 2.15 bits per heavy atom. The van der Waals surface area contributed by atoms with Crippen LogP contribution in [0.3, 0.4) is 0 Å². The number of unbranched alkanes of at least 4 members (excludes halogenated alkanes) is 1. The van der Waals surface area contributed by atoms with Crippen LogP contribution in [0.25, 0.3) is 0 Å². The van der Waals surface area contributed by atoms with Gasteiger partial charge in [0.15, 0.2) is 0 Å².